The highest BCUT2D eigenvalue weighted by molar-refractivity contribution is 9.11. The van der Waals surface area contributed by atoms with Crippen molar-refractivity contribution in [1.82, 2.24) is 4.98 Å². The topological polar surface area (TPSA) is 22.1 Å². The SMILES string of the molecule is Cc1nc2c(cc(OCc3ccc(Br)s3)c3ccsc32)s1. The van der Waals surface area contributed by atoms with Crippen molar-refractivity contribution >= 4 is 70.2 Å². The van der Waals surface area contributed by atoms with Crippen LogP contribution in [0.4, 0.5) is 0 Å². The average molecular weight is 396 g/mol. The van der Waals surface area contributed by atoms with Crippen LogP contribution < -0.4 is 4.74 Å². The summed E-state index contributed by atoms with van der Waals surface area (Å²) in [5.74, 6) is 0.951. The number of hydrogen-bond donors (Lipinski definition) is 0. The quantitative estimate of drug-likeness (QED) is 0.410. The molecule has 6 heteroatoms. The summed E-state index contributed by atoms with van der Waals surface area (Å²) in [4.78, 5) is 5.86. The lowest BCUT2D eigenvalue weighted by Gasteiger charge is -2.06. The molecule has 3 aromatic heterocycles. The zero-order valence-corrected chi connectivity index (χ0v) is 15.1. The monoisotopic (exact) mass is 395 g/mol. The number of thiazole rings is 1. The van der Waals surface area contributed by atoms with Crippen LogP contribution in [0, 0.1) is 6.92 Å². The number of aryl methyl sites for hydroxylation is 1. The van der Waals surface area contributed by atoms with E-state index in [-0.39, 0.29) is 0 Å². The number of nitrogens with zero attached hydrogens (tertiary/aromatic N) is 1. The maximum absolute atomic E-state index is 6.07. The van der Waals surface area contributed by atoms with Gasteiger partial charge in [-0.3, -0.25) is 0 Å². The predicted octanol–water partition coefficient (Wildman–Crippen LogP) is 6.22. The highest BCUT2D eigenvalue weighted by Gasteiger charge is 2.12. The van der Waals surface area contributed by atoms with E-state index in [2.05, 4.69) is 50.6 Å². The molecule has 0 unspecified atom stereocenters. The predicted molar refractivity (Wildman–Crippen MR) is 96.1 cm³/mol. The third kappa shape index (κ3) is 2.50. The molecule has 0 bridgehead atoms. The third-order valence-electron chi connectivity index (χ3n) is 3.17. The zero-order chi connectivity index (χ0) is 14.4. The molecule has 4 aromatic rings. The largest absolute Gasteiger partial charge is 0.487 e. The first-order chi connectivity index (χ1) is 10.2. The van der Waals surface area contributed by atoms with Crippen LogP contribution in [0.3, 0.4) is 0 Å². The molecule has 0 aliphatic heterocycles. The molecule has 0 amide bonds. The summed E-state index contributed by atoms with van der Waals surface area (Å²) < 4.78 is 9.62. The fourth-order valence-corrected chi connectivity index (χ4v) is 5.51. The van der Waals surface area contributed by atoms with Crippen molar-refractivity contribution in [3.8, 4) is 5.75 Å². The van der Waals surface area contributed by atoms with E-state index in [4.69, 9.17) is 4.74 Å². The second-order valence-corrected chi connectivity index (χ2v) is 9.31. The highest BCUT2D eigenvalue weighted by Crippen LogP contribution is 2.39. The number of rotatable bonds is 3. The van der Waals surface area contributed by atoms with E-state index in [1.54, 1.807) is 34.0 Å². The first-order valence-corrected chi connectivity index (χ1v) is 9.65. The molecule has 0 N–H and O–H groups in total. The third-order valence-corrected chi connectivity index (χ3v) is 6.60. The Balaban J connectivity index is 1.77. The van der Waals surface area contributed by atoms with Gasteiger partial charge in [0.05, 0.1) is 23.7 Å². The Hall–Kier alpha value is -0.950. The number of halogens is 1. The maximum atomic E-state index is 6.07. The van der Waals surface area contributed by atoms with Gasteiger partial charge in [0.1, 0.15) is 12.4 Å². The Morgan fingerprint density at radius 2 is 2.14 bits per heavy atom. The molecular weight excluding hydrogens is 386 g/mol. The Labute approximate surface area is 142 Å². The van der Waals surface area contributed by atoms with Gasteiger partial charge in [-0.05, 0) is 46.4 Å². The lowest BCUT2D eigenvalue weighted by Crippen LogP contribution is -1.93. The first kappa shape index (κ1) is 13.7. The van der Waals surface area contributed by atoms with Gasteiger partial charge in [0.25, 0.3) is 0 Å². The molecule has 0 spiro atoms. The minimum Gasteiger partial charge on any atom is -0.487 e. The molecule has 21 heavy (non-hydrogen) atoms. The molecule has 106 valence electrons. The normalized spacial score (nSPS) is 11.5. The van der Waals surface area contributed by atoms with Crippen LogP contribution in [0.5, 0.6) is 5.75 Å². The lowest BCUT2D eigenvalue weighted by molar-refractivity contribution is 0.314. The molecular formula is C15H10BrNOS3. The molecule has 0 aliphatic rings. The zero-order valence-electron chi connectivity index (χ0n) is 11.1. The molecule has 0 atom stereocenters. The van der Waals surface area contributed by atoms with E-state index in [9.17, 15) is 0 Å². The smallest absolute Gasteiger partial charge is 0.130 e. The fraction of sp³-hybridized carbons (Fsp3) is 0.133. The standard InChI is InChI=1S/C15H10BrNOS3/c1-8-17-14-12(20-8)6-11(10-4-5-19-15(10)14)18-7-9-2-3-13(16)21-9/h2-6H,7H2,1H3. The van der Waals surface area contributed by atoms with Crippen molar-refractivity contribution in [1.29, 1.82) is 0 Å². The van der Waals surface area contributed by atoms with Crippen LogP contribution in [0.15, 0.2) is 33.4 Å². The Morgan fingerprint density at radius 3 is 2.95 bits per heavy atom. The van der Waals surface area contributed by atoms with E-state index >= 15 is 0 Å². The molecule has 0 fully saturated rings. The van der Waals surface area contributed by atoms with E-state index in [0.717, 1.165) is 25.4 Å². The van der Waals surface area contributed by atoms with Crippen LogP contribution >= 0.6 is 49.9 Å². The number of thiophene rings is 2. The molecule has 2 nitrogen and oxygen atoms in total. The number of ether oxygens (including phenoxy) is 1. The Kier molecular flexibility index (Phi) is 3.49. The van der Waals surface area contributed by atoms with Gasteiger partial charge in [-0.25, -0.2) is 4.98 Å². The van der Waals surface area contributed by atoms with Gasteiger partial charge < -0.3 is 4.74 Å². The number of hydrogen-bond acceptors (Lipinski definition) is 5. The highest BCUT2D eigenvalue weighted by atomic mass is 79.9. The van der Waals surface area contributed by atoms with Gasteiger partial charge in [-0.2, -0.15) is 0 Å². The summed E-state index contributed by atoms with van der Waals surface area (Å²) in [5, 5.41) is 4.36. The van der Waals surface area contributed by atoms with Crippen LogP contribution in [-0.2, 0) is 6.61 Å². The number of fused-ring (bicyclic) bond motifs is 3. The van der Waals surface area contributed by atoms with Crippen molar-refractivity contribution in [2.45, 2.75) is 13.5 Å². The molecule has 1 aromatic carbocycles. The van der Waals surface area contributed by atoms with Crippen molar-refractivity contribution in [3.05, 3.63) is 43.3 Å². The van der Waals surface area contributed by atoms with Gasteiger partial charge in [-0.15, -0.1) is 34.0 Å². The van der Waals surface area contributed by atoms with E-state index in [1.807, 2.05) is 6.92 Å². The van der Waals surface area contributed by atoms with Gasteiger partial charge in [0.15, 0.2) is 0 Å². The first-order valence-electron chi connectivity index (χ1n) is 6.35. The van der Waals surface area contributed by atoms with E-state index in [0.29, 0.717) is 6.61 Å². The molecule has 0 radical (unpaired) electrons. The number of aromatic nitrogens is 1. The summed E-state index contributed by atoms with van der Waals surface area (Å²) in [7, 11) is 0. The Bertz CT molecular complexity index is 937. The molecule has 4 rings (SSSR count). The molecule has 3 heterocycles. The van der Waals surface area contributed by atoms with Crippen LogP contribution in [0.2, 0.25) is 0 Å². The summed E-state index contributed by atoms with van der Waals surface area (Å²) in [6.45, 7) is 2.65. The summed E-state index contributed by atoms with van der Waals surface area (Å²) in [6.07, 6.45) is 0. The lowest BCUT2D eigenvalue weighted by atomic mass is 10.2. The van der Waals surface area contributed by atoms with Gasteiger partial charge in [-0.1, -0.05) is 0 Å². The minimum atomic E-state index is 0.602. The number of benzene rings is 1. The second-order valence-electron chi connectivity index (χ2n) is 4.61. The van der Waals surface area contributed by atoms with Crippen molar-refractivity contribution in [2.24, 2.45) is 0 Å². The van der Waals surface area contributed by atoms with Crippen molar-refractivity contribution in [2.75, 3.05) is 0 Å². The summed E-state index contributed by atoms with van der Waals surface area (Å²) in [6, 6.07) is 8.39. The molecule has 0 aliphatic carbocycles. The van der Waals surface area contributed by atoms with Crippen LogP contribution in [-0.4, -0.2) is 4.98 Å². The van der Waals surface area contributed by atoms with Crippen molar-refractivity contribution < 1.29 is 4.74 Å². The second kappa shape index (κ2) is 5.35. The molecule has 0 saturated carbocycles. The van der Waals surface area contributed by atoms with Crippen LogP contribution in [0.1, 0.15) is 9.88 Å². The summed E-state index contributed by atoms with van der Waals surface area (Å²) in [5.41, 5.74) is 1.11. The summed E-state index contributed by atoms with van der Waals surface area (Å²) >= 11 is 8.64. The van der Waals surface area contributed by atoms with E-state index in [1.165, 1.54) is 14.3 Å². The fourth-order valence-electron chi connectivity index (χ4n) is 2.28. The van der Waals surface area contributed by atoms with E-state index < -0.39 is 0 Å². The van der Waals surface area contributed by atoms with Gasteiger partial charge in [0.2, 0.25) is 0 Å². The molecule has 0 saturated heterocycles. The van der Waals surface area contributed by atoms with Gasteiger partial charge >= 0.3 is 0 Å². The van der Waals surface area contributed by atoms with Crippen LogP contribution in [0.25, 0.3) is 20.3 Å². The maximum Gasteiger partial charge on any atom is 0.130 e. The Morgan fingerprint density at radius 1 is 1.24 bits per heavy atom. The van der Waals surface area contributed by atoms with Gasteiger partial charge in [0, 0.05) is 16.3 Å². The minimum absolute atomic E-state index is 0.602. The van der Waals surface area contributed by atoms with Crippen molar-refractivity contribution in [3.63, 3.8) is 0 Å². The average Bonchev–Trinajstić information content (AvgIpc) is 3.14.